The monoisotopic (exact) mass is 534 g/mol. The molecule has 2 fully saturated rings. The zero-order valence-corrected chi connectivity index (χ0v) is 22.0. The number of carbonyl (C=O) groups is 2. The van der Waals surface area contributed by atoms with Crippen LogP contribution >= 0.6 is 11.6 Å². The molecular formula is C25H31ClN4O5S. The quantitative estimate of drug-likeness (QED) is 0.612. The van der Waals surface area contributed by atoms with E-state index in [0.717, 1.165) is 13.1 Å². The van der Waals surface area contributed by atoms with Crippen molar-refractivity contribution in [3.8, 4) is 5.75 Å². The Bertz CT molecular complexity index is 1210. The summed E-state index contributed by atoms with van der Waals surface area (Å²) in [6.07, 6.45) is 1.15. The molecule has 11 heteroatoms. The van der Waals surface area contributed by atoms with Gasteiger partial charge in [0, 0.05) is 50.5 Å². The largest absolute Gasteiger partial charge is 0.495 e. The molecule has 0 saturated carbocycles. The highest BCUT2D eigenvalue weighted by molar-refractivity contribution is 7.89. The molecule has 2 amide bonds. The zero-order valence-electron chi connectivity index (χ0n) is 20.4. The summed E-state index contributed by atoms with van der Waals surface area (Å²) < 4.78 is 32.8. The number of sulfonamides is 1. The van der Waals surface area contributed by atoms with E-state index in [1.807, 2.05) is 11.9 Å². The lowest BCUT2D eigenvalue weighted by atomic mass is 9.98. The van der Waals surface area contributed by atoms with Gasteiger partial charge in [-0.25, -0.2) is 8.42 Å². The Morgan fingerprint density at radius 3 is 2.36 bits per heavy atom. The van der Waals surface area contributed by atoms with E-state index in [0.29, 0.717) is 49.5 Å². The Balaban J connectivity index is 1.38. The lowest BCUT2D eigenvalue weighted by molar-refractivity contribution is -0.120. The molecular weight excluding hydrogens is 504 g/mol. The van der Waals surface area contributed by atoms with Crippen LogP contribution in [0.2, 0.25) is 5.02 Å². The number of methoxy groups -OCH3 is 1. The number of rotatable bonds is 6. The molecule has 9 nitrogen and oxygen atoms in total. The van der Waals surface area contributed by atoms with Crippen LogP contribution in [0, 0.1) is 5.92 Å². The summed E-state index contributed by atoms with van der Waals surface area (Å²) in [6, 6.07) is 11.2. The SMILES string of the molecule is COc1ccc(S(=O)(=O)N2CCCC(C(=O)Nc3ccc(C(=O)N4CCN(C)CC4)cc3)C2)cc1Cl. The molecule has 1 N–H and O–H groups in total. The lowest BCUT2D eigenvalue weighted by Crippen LogP contribution is -2.47. The number of nitrogens with one attached hydrogen (secondary N) is 1. The summed E-state index contributed by atoms with van der Waals surface area (Å²) in [5.74, 6) is -0.370. The number of nitrogens with zero attached hydrogens (tertiary/aromatic N) is 3. The number of hydrogen-bond acceptors (Lipinski definition) is 6. The molecule has 0 radical (unpaired) electrons. The Labute approximate surface area is 217 Å². The van der Waals surface area contributed by atoms with E-state index in [1.54, 1.807) is 24.3 Å². The van der Waals surface area contributed by atoms with Gasteiger partial charge in [-0.3, -0.25) is 9.59 Å². The molecule has 36 heavy (non-hydrogen) atoms. The first-order valence-corrected chi connectivity index (χ1v) is 13.7. The van der Waals surface area contributed by atoms with Crippen molar-refractivity contribution in [3.63, 3.8) is 0 Å². The lowest BCUT2D eigenvalue weighted by Gasteiger charge is -2.32. The minimum Gasteiger partial charge on any atom is -0.495 e. The third kappa shape index (κ3) is 5.83. The molecule has 194 valence electrons. The number of benzene rings is 2. The van der Waals surface area contributed by atoms with E-state index >= 15 is 0 Å². The first-order valence-electron chi connectivity index (χ1n) is 11.9. The average molecular weight is 535 g/mol. The van der Waals surface area contributed by atoms with Gasteiger partial charge in [-0.15, -0.1) is 0 Å². The maximum absolute atomic E-state index is 13.2. The van der Waals surface area contributed by atoms with Gasteiger partial charge in [0.25, 0.3) is 5.91 Å². The van der Waals surface area contributed by atoms with Gasteiger partial charge < -0.3 is 19.9 Å². The van der Waals surface area contributed by atoms with Gasteiger partial charge in [0.05, 0.1) is 22.9 Å². The highest BCUT2D eigenvalue weighted by Gasteiger charge is 2.33. The molecule has 2 aliphatic heterocycles. The van der Waals surface area contributed by atoms with Crippen LogP contribution in [0.3, 0.4) is 0 Å². The second kappa shape index (κ2) is 11.2. The number of piperidine rings is 1. The smallest absolute Gasteiger partial charge is 0.253 e. The summed E-state index contributed by atoms with van der Waals surface area (Å²) in [7, 11) is -0.313. The fourth-order valence-corrected chi connectivity index (χ4v) is 6.34. The third-order valence-electron chi connectivity index (χ3n) is 6.71. The van der Waals surface area contributed by atoms with Crippen molar-refractivity contribution in [3.05, 3.63) is 53.1 Å². The normalized spacial score (nSPS) is 19.6. The van der Waals surface area contributed by atoms with Crippen LogP contribution in [0.15, 0.2) is 47.4 Å². The topological polar surface area (TPSA) is 99.3 Å². The van der Waals surface area contributed by atoms with E-state index in [-0.39, 0.29) is 28.3 Å². The van der Waals surface area contributed by atoms with Crippen LogP contribution in [0.5, 0.6) is 5.75 Å². The van der Waals surface area contributed by atoms with Gasteiger partial charge in [-0.05, 0) is 62.4 Å². The first-order chi connectivity index (χ1) is 17.2. The summed E-state index contributed by atoms with van der Waals surface area (Å²) in [4.78, 5) is 29.8. The van der Waals surface area contributed by atoms with Crippen LogP contribution < -0.4 is 10.1 Å². The van der Waals surface area contributed by atoms with E-state index < -0.39 is 15.9 Å². The number of piperazine rings is 1. The van der Waals surface area contributed by atoms with Crippen LogP contribution in [0.4, 0.5) is 5.69 Å². The van der Waals surface area contributed by atoms with E-state index in [4.69, 9.17) is 16.3 Å². The van der Waals surface area contributed by atoms with Gasteiger partial charge in [0.2, 0.25) is 15.9 Å². The van der Waals surface area contributed by atoms with Gasteiger partial charge in [-0.2, -0.15) is 4.31 Å². The van der Waals surface area contributed by atoms with Crippen molar-refractivity contribution < 1.29 is 22.7 Å². The number of likely N-dealkylation sites (N-methyl/N-ethyl adjacent to an activating group) is 1. The molecule has 0 spiro atoms. The van der Waals surface area contributed by atoms with Crippen molar-refractivity contribution in [2.24, 2.45) is 5.92 Å². The average Bonchev–Trinajstić information content (AvgIpc) is 2.89. The maximum Gasteiger partial charge on any atom is 0.253 e. The van der Waals surface area contributed by atoms with Crippen LogP contribution in [0.1, 0.15) is 23.2 Å². The molecule has 2 heterocycles. The summed E-state index contributed by atoms with van der Waals surface area (Å²) in [5.41, 5.74) is 1.14. The van der Waals surface area contributed by atoms with E-state index in [2.05, 4.69) is 10.2 Å². The first kappa shape index (κ1) is 26.4. The summed E-state index contributed by atoms with van der Waals surface area (Å²) in [5, 5.41) is 3.08. The van der Waals surface area contributed by atoms with Gasteiger partial charge in [0.15, 0.2) is 0 Å². The molecule has 2 aromatic rings. The van der Waals surface area contributed by atoms with Gasteiger partial charge in [-0.1, -0.05) is 11.6 Å². The molecule has 2 aromatic carbocycles. The van der Waals surface area contributed by atoms with Crippen molar-refractivity contribution in [1.82, 2.24) is 14.1 Å². The number of hydrogen-bond donors (Lipinski definition) is 1. The molecule has 4 rings (SSSR count). The summed E-state index contributed by atoms with van der Waals surface area (Å²) in [6.45, 7) is 3.49. The predicted octanol–water partition coefficient (Wildman–Crippen LogP) is 2.78. The van der Waals surface area contributed by atoms with Gasteiger partial charge in [0.1, 0.15) is 5.75 Å². The fraction of sp³-hybridized carbons (Fsp3) is 0.440. The highest BCUT2D eigenvalue weighted by atomic mass is 35.5. The maximum atomic E-state index is 13.2. The minimum absolute atomic E-state index is 0.0206. The molecule has 0 aromatic heterocycles. The Morgan fingerprint density at radius 1 is 1.03 bits per heavy atom. The highest BCUT2D eigenvalue weighted by Crippen LogP contribution is 2.30. The van der Waals surface area contributed by atoms with Crippen LogP contribution in [0.25, 0.3) is 0 Å². The van der Waals surface area contributed by atoms with Crippen molar-refractivity contribution >= 4 is 39.1 Å². The van der Waals surface area contributed by atoms with Crippen molar-refractivity contribution in [2.45, 2.75) is 17.7 Å². The Hall–Kier alpha value is -2.66. The second-order valence-electron chi connectivity index (χ2n) is 9.16. The number of ether oxygens (including phenoxy) is 1. The van der Waals surface area contributed by atoms with Crippen molar-refractivity contribution in [2.75, 3.05) is 58.7 Å². The number of amides is 2. The minimum atomic E-state index is -3.81. The zero-order chi connectivity index (χ0) is 25.9. The number of carbonyl (C=O) groups excluding carboxylic acids is 2. The second-order valence-corrected chi connectivity index (χ2v) is 11.5. The molecule has 0 aliphatic carbocycles. The third-order valence-corrected chi connectivity index (χ3v) is 8.86. The van der Waals surface area contributed by atoms with Crippen LogP contribution in [-0.2, 0) is 14.8 Å². The molecule has 0 bridgehead atoms. The standard InChI is InChI=1S/C25H31ClN4O5S/c1-28-12-14-29(15-13-28)25(32)18-5-7-20(8-6-18)27-24(31)19-4-3-11-30(17-19)36(33,34)21-9-10-23(35-2)22(26)16-21/h5-10,16,19H,3-4,11-15,17H2,1-2H3,(H,27,31). The van der Waals surface area contributed by atoms with Crippen LogP contribution in [-0.4, -0.2) is 87.8 Å². The Kier molecular flexibility index (Phi) is 8.19. The molecule has 2 aliphatic rings. The molecule has 2 saturated heterocycles. The van der Waals surface area contributed by atoms with E-state index in [1.165, 1.54) is 29.6 Å². The fourth-order valence-electron chi connectivity index (χ4n) is 4.46. The molecule has 1 atom stereocenters. The molecule has 1 unspecified atom stereocenters. The number of anilines is 1. The van der Waals surface area contributed by atoms with Crippen molar-refractivity contribution in [1.29, 1.82) is 0 Å². The number of halogens is 1. The summed E-state index contributed by atoms with van der Waals surface area (Å²) >= 11 is 6.13. The van der Waals surface area contributed by atoms with E-state index in [9.17, 15) is 18.0 Å². The predicted molar refractivity (Wildman–Crippen MR) is 138 cm³/mol. The Morgan fingerprint density at radius 2 is 1.72 bits per heavy atom. The van der Waals surface area contributed by atoms with Gasteiger partial charge >= 0.3 is 0 Å².